The molecule has 2 aromatic rings. The highest BCUT2D eigenvalue weighted by Gasteiger charge is 2.14. The number of hydrogen-bond acceptors (Lipinski definition) is 2. The number of aromatic nitrogens is 1. The van der Waals surface area contributed by atoms with E-state index in [4.69, 9.17) is 4.74 Å². The van der Waals surface area contributed by atoms with Gasteiger partial charge in [0.25, 0.3) is 0 Å². The molecule has 0 amide bonds. The summed E-state index contributed by atoms with van der Waals surface area (Å²) in [5, 5.41) is 4.86. The van der Waals surface area contributed by atoms with Crippen molar-refractivity contribution in [1.82, 2.24) is 9.88 Å². The Morgan fingerprint density at radius 1 is 1.39 bits per heavy atom. The monoisotopic (exact) mass is 244 g/mol. The minimum Gasteiger partial charge on any atom is -0.377 e. The first kappa shape index (κ1) is 11.8. The number of ether oxygens (including phenoxy) is 1. The number of fused-ring (bicyclic) bond motifs is 1. The van der Waals surface area contributed by atoms with E-state index in [1.165, 1.54) is 29.3 Å². The third-order valence-corrected chi connectivity index (χ3v) is 3.69. The number of hydrogen-bond donors (Lipinski definition) is 1. The topological polar surface area (TPSA) is 26.2 Å². The van der Waals surface area contributed by atoms with Crippen LogP contribution in [0, 0.1) is 0 Å². The fourth-order valence-corrected chi connectivity index (χ4v) is 2.74. The van der Waals surface area contributed by atoms with Crippen molar-refractivity contribution in [2.45, 2.75) is 25.5 Å². The number of para-hydroxylation sites is 1. The quantitative estimate of drug-likeness (QED) is 0.894. The molecule has 3 heteroatoms. The number of nitrogens with one attached hydrogen (secondary N) is 1. The molecule has 1 aromatic heterocycles. The highest BCUT2D eigenvalue weighted by molar-refractivity contribution is 5.83. The number of rotatable bonds is 4. The molecule has 1 fully saturated rings. The molecule has 1 aliphatic heterocycles. The summed E-state index contributed by atoms with van der Waals surface area (Å²) in [6.07, 6.45) is 5.04. The molecule has 2 heterocycles. The summed E-state index contributed by atoms with van der Waals surface area (Å²) < 4.78 is 7.81. The van der Waals surface area contributed by atoms with Crippen molar-refractivity contribution in [2.75, 3.05) is 13.2 Å². The smallest absolute Gasteiger partial charge is 0.0700 e. The van der Waals surface area contributed by atoms with Gasteiger partial charge >= 0.3 is 0 Å². The lowest BCUT2D eigenvalue weighted by Gasteiger charge is -2.10. The summed E-state index contributed by atoms with van der Waals surface area (Å²) in [4.78, 5) is 0. The molecule has 0 radical (unpaired) electrons. The van der Waals surface area contributed by atoms with E-state index in [0.29, 0.717) is 6.10 Å². The molecule has 1 saturated heterocycles. The number of aryl methyl sites for hydroxylation is 1. The molecule has 3 nitrogen and oxygen atoms in total. The van der Waals surface area contributed by atoms with Gasteiger partial charge in [-0.1, -0.05) is 18.2 Å². The average Bonchev–Trinajstić information content (AvgIpc) is 3.00. The van der Waals surface area contributed by atoms with E-state index in [9.17, 15) is 0 Å². The van der Waals surface area contributed by atoms with E-state index in [-0.39, 0.29) is 0 Å². The highest BCUT2D eigenvalue weighted by atomic mass is 16.5. The van der Waals surface area contributed by atoms with Crippen LogP contribution in [0.2, 0.25) is 0 Å². The molecule has 0 aliphatic carbocycles. The van der Waals surface area contributed by atoms with Crippen LogP contribution < -0.4 is 5.32 Å². The summed E-state index contributed by atoms with van der Waals surface area (Å²) in [7, 11) is 2.10. The Hall–Kier alpha value is -1.32. The maximum absolute atomic E-state index is 5.62. The van der Waals surface area contributed by atoms with E-state index in [0.717, 1.165) is 19.7 Å². The SMILES string of the molecule is Cn1cc(CNC[C@@H]2CCCO2)c2ccccc21. The molecule has 1 aliphatic rings. The molecule has 3 rings (SSSR count). The van der Waals surface area contributed by atoms with Crippen LogP contribution in [0.5, 0.6) is 0 Å². The Labute approximate surface area is 108 Å². The van der Waals surface area contributed by atoms with Crippen molar-refractivity contribution >= 4 is 10.9 Å². The molecule has 18 heavy (non-hydrogen) atoms. The molecule has 96 valence electrons. The second-order valence-corrected chi connectivity index (χ2v) is 5.05. The molecule has 1 atom stereocenters. The third kappa shape index (κ3) is 2.28. The third-order valence-electron chi connectivity index (χ3n) is 3.69. The lowest BCUT2D eigenvalue weighted by atomic mass is 10.1. The highest BCUT2D eigenvalue weighted by Crippen LogP contribution is 2.20. The summed E-state index contributed by atoms with van der Waals surface area (Å²) in [6, 6.07) is 8.55. The van der Waals surface area contributed by atoms with Gasteiger partial charge in [0, 0.05) is 43.8 Å². The van der Waals surface area contributed by atoms with Gasteiger partial charge in [-0.25, -0.2) is 0 Å². The Morgan fingerprint density at radius 2 is 2.28 bits per heavy atom. The zero-order chi connectivity index (χ0) is 12.4. The van der Waals surface area contributed by atoms with Gasteiger partial charge < -0.3 is 14.6 Å². The van der Waals surface area contributed by atoms with Crippen LogP contribution in [0.1, 0.15) is 18.4 Å². The fourth-order valence-electron chi connectivity index (χ4n) is 2.74. The maximum atomic E-state index is 5.62. The Kier molecular flexibility index (Phi) is 3.35. The van der Waals surface area contributed by atoms with Gasteiger partial charge in [-0.3, -0.25) is 0 Å². The van der Waals surface area contributed by atoms with Crippen molar-refractivity contribution in [1.29, 1.82) is 0 Å². The van der Waals surface area contributed by atoms with Gasteiger partial charge in [0.1, 0.15) is 0 Å². The van der Waals surface area contributed by atoms with E-state index in [1.54, 1.807) is 0 Å². The second-order valence-electron chi connectivity index (χ2n) is 5.05. The predicted octanol–water partition coefficient (Wildman–Crippen LogP) is 2.45. The second kappa shape index (κ2) is 5.12. The first-order valence-electron chi connectivity index (χ1n) is 6.70. The van der Waals surface area contributed by atoms with Gasteiger partial charge in [0.15, 0.2) is 0 Å². The molecule has 0 spiro atoms. The Balaban J connectivity index is 1.67. The normalized spacial score (nSPS) is 19.7. The zero-order valence-corrected chi connectivity index (χ0v) is 10.9. The number of nitrogens with zero attached hydrogens (tertiary/aromatic N) is 1. The predicted molar refractivity (Wildman–Crippen MR) is 73.6 cm³/mol. The molecule has 1 N–H and O–H groups in total. The van der Waals surface area contributed by atoms with Crippen molar-refractivity contribution < 1.29 is 4.74 Å². The summed E-state index contributed by atoms with van der Waals surface area (Å²) in [6.45, 7) is 2.81. The lowest BCUT2D eigenvalue weighted by Crippen LogP contribution is -2.25. The standard InChI is InChI=1S/C15H20N2O/c1-17-11-12(14-6-2-3-7-15(14)17)9-16-10-13-5-4-8-18-13/h2-3,6-7,11,13,16H,4-5,8-10H2,1H3/t13-/m0/s1. The van der Waals surface area contributed by atoms with Gasteiger partial charge in [-0.15, -0.1) is 0 Å². The summed E-state index contributed by atoms with van der Waals surface area (Å²) >= 11 is 0. The Bertz CT molecular complexity index is 526. The Morgan fingerprint density at radius 3 is 3.11 bits per heavy atom. The van der Waals surface area contributed by atoms with Crippen molar-refractivity contribution in [3.05, 3.63) is 36.0 Å². The minimum atomic E-state index is 0.417. The van der Waals surface area contributed by atoms with Crippen molar-refractivity contribution in [2.24, 2.45) is 7.05 Å². The van der Waals surface area contributed by atoms with Gasteiger partial charge in [-0.05, 0) is 24.5 Å². The minimum absolute atomic E-state index is 0.417. The molecular formula is C15H20N2O. The van der Waals surface area contributed by atoms with Crippen LogP contribution >= 0.6 is 0 Å². The van der Waals surface area contributed by atoms with E-state index in [2.05, 4.69) is 47.4 Å². The van der Waals surface area contributed by atoms with Crippen LogP contribution in [0.3, 0.4) is 0 Å². The first-order valence-corrected chi connectivity index (χ1v) is 6.70. The molecule has 0 saturated carbocycles. The summed E-state index contributed by atoms with van der Waals surface area (Å²) in [5.74, 6) is 0. The van der Waals surface area contributed by atoms with Crippen LogP contribution in [0.15, 0.2) is 30.5 Å². The largest absolute Gasteiger partial charge is 0.377 e. The van der Waals surface area contributed by atoms with Crippen LogP contribution in [-0.2, 0) is 18.3 Å². The molecule has 0 bridgehead atoms. The molecule has 1 aromatic carbocycles. The van der Waals surface area contributed by atoms with Crippen molar-refractivity contribution in [3.63, 3.8) is 0 Å². The molecular weight excluding hydrogens is 224 g/mol. The molecule has 0 unspecified atom stereocenters. The van der Waals surface area contributed by atoms with Crippen LogP contribution in [-0.4, -0.2) is 23.8 Å². The van der Waals surface area contributed by atoms with Crippen LogP contribution in [0.4, 0.5) is 0 Å². The van der Waals surface area contributed by atoms with E-state index >= 15 is 0 Å². The lowest BCUT2D eigenvalue weighted by molar-refractivity contribution is 0.110. The van der Waals surface area contributed by atoms with Crippen molar-refractivity contribution in [3.8, 4) is 0 Å². The van der Waals surface area contributed by atoms with E-state index < -0.39 is 0 Å². The summed E-state index contributed by atoms with van der Waals surface area (Å²) in [5.41, 5.74) is 2.66. The average molecular weight is 244 g/mol. The zero-order valence-electron chi connectivity index (χ0n) is 10.9. The van der Waals surface area contributed by atoms with Crippen LogP contribution in [0.25, 0.3) is 10.9 Å². The first-order chi connectivity index (χ1) is 8.84. The van der Waals surface area contributed by atoms with Gasteiger partial charge in [0.05, 0.1) is 6.10 Å². The van der Waals surface area contributed by atoms with Gasteiger partial charge in [-0.2, -0.15) is 0 Å². The number of benzene rings is 1. The van der Waals surface area contributed by atoms with Gasteiger partial charge in [0.2, 0.25) is 0 Å². The van der Waals surface area contributed by atoms with E-state index in [1.807, 2.05) is 0 Å². The maximum Gasteiger partial charge on any atom is 0.0700 e. The fraction of sp³-hybridized carbons (Fsp3) is 0.467.